The summed E-state index contributed by atoms with van der Waals surface area (Å²) in [7, 11) is 0. The van der Waals surface area contributed by atoms with E-state index in [-0.39, 0.29) is 22.2 Å². The summed E-state index contributed by atoms with van der Waals surface area (Å²) < 4.78 is 5.96. The average molecular weight is 457 g/mol. The van der Waals surface area contributed by atoms with Gasteiger partial charge < -0.3 is 4.74 Å². The zero-order chi connectivity index (χ0) is 24.4. The highest BCUT2D eigenvalue weighted by Crippen LogP contribution is 2.72. The van der Waals surface area contributed by atoms with Gasteiger partial charge in [-0.05, 0) is 92.3 Å². The van der Waals surface area contributed by atoms with E-state index in [9.17, 15) is 9.59 Å². The number of fused-ring (bicyclic) bond motifs is 5. The number of ether oxygens (including phenoxy) is 1. The van der Waals surface area contributed by atoms with Gasteiger partial charge in [0.05, 0.1) is 0 Å². The van der Waals surface area contributed by atoms with Gasteiger partial charge in [0.2, 0.25) is 0 Å². The summed E-state index contributed by atoms with van der Waals surface area (Å²) in [5, 5.41) is 0. The molecule has 33 heavy (non-hydrogen) atoms. The third-order valence-corrected chi connectivity index (χ3v) is 11.1. The smallest absolute Gasteiger partial charge is 0.306 e. The summed E-state index contributed by atoms with van der Waals surface area (Å²) in [6.45, 7) is 18.5. The first-order valence-electron chi connectivity index (χ1n) is 13.7. The van der Waals surface area contributed by atoms with Gasteiger partial charge in [-0.15, -0.1) is 0 Å². The molecular weight excluding hydrogens is 408 g/mol. The number of rotatable bonds is 5. The summed E-state index contributed by atoms with van der Waals surface area (Å²) in [6, 6.07) is 0. The molecule has 1 heterocycles. The molecule has 0 aromatic carbocycles. The number of allylic oxidation sites excluding steroid dienone is 2. The molecule has 1 aliphatic heterocycles. The second-order valence-electron chi connectivity index (χ2n) is 13.8. The van der Waals surface area contributed by atoms with Crippen molar-refractivity contribution in [2.24, 2.45) is 45.8 Å². The highest BCUT2D eigenvalue weighted by Gasteiger charge is 2.64. The predicted molar refractivity (Wildman–Crippen MR) is 134 cm³/mol. The van der Waals surface area contributed by atoms with Crippen LogP contribution in [0.3, 0.4) is 0 Å². The predicted octanol–water partition coefficient (Wildman–Crippen LogP) is 7.53. The number of hydrogen-bond acceptors (Lipinski definition) is 3. The molecular formula is C30H48O3. The van der Waals surface area contributed by atoms with Gasteiger partial charge in [0, 0.05) is 25.2 Å². The van der Waals surface area contributed by atoms with Gasteiger partial charge in [-0.25, -0.2) is 0 Å². The molecule has 3 nitrogen and oxygen atoms in total. The average Bonchev–Trinajstić information content (AvgIpc) is 2.92. The fourth-order valence-electron chi connectivity index (χ4n) is 9.37. The molecule has 0 aromatic rings. The molecule has 0 radical (unpaired) electrons. The molecule has 4 rings (SSSR count). The number of hydrogen-bond donors (Lipinski definition) is 0. The fourth-order valence-corrected chi connectivity index (χ4v) is 9.37. The van der Waals surface area contributed by atoms with Crippen molar-refractivity contribution in [3.8, 4) is 0 Å². The van der Waals surface area contributed by atoms with E-state index in [2.05, 4.69) is 61.5 Å². The van der Waals surface area contributed by atoms with Crippen LogP contribution in [-0.2, 0) is 14.3 Å². The van der Waals surface area contributed by atoms with Crippen LogP contribution in [0.4, 0.5) is 0 Å². The third kappa shape index (κ3) is 3.84. The van der Waals surface area contributed by atoms with Crippen LogP contribution in [0.2, 0.25) is 0 Å². The molecule has 2 saturated carbocycles. The maximum Gasteiger partial charge on any atom is 0.306 e. The Hall–Kier alpha value is -1.12. The zero-order valence-electron chi connectivity index (χ0n) is 22.6. The maximum atomic E-state index is 12.7. The summed E-state index contributed by atoms with van der Waals surface area (Å²) in [5.74, 6) is 2.90. The van der Waals surface area contributed by atoms with Crippen LogP contribution in [0.1, 0.15) is 113 Å². The first-order valence-corrected chi connectivity index (χ1v) is 13.7. The second-order valence-corrected chi connectivity index (χ2v) is 13.8. The lowest BCUT2D eigenvalue weighted by molar-refractivity contribution is -0.162. The first-order chi connectivity index (χ1) is 15.2. The van der Waals surface area contributed by atoms with E-state index in [1.165, 1.54) is 19.3 Å². The van der Waals surface area contributed by atoms with Crippen molar-refractivity contribution in [1.29, 1.82) is 0 Å². The molecule has 3 heteroatoms. The molecule has 0 N–H and O–H groups in total. The number of ketones is 1. The van der Waals surface area contributed by atoms with Gasteiger partial charge in [0.15, 0.2) is 0 Å². The van der Waals surface area contributed by atoms with Crippen molar-refractivity contribution in [2.45, 2.75) is 119 Å². The van der Waals surface area contributed by atoms with Crippen molar-refractivity contribution in [2.75, 3.05) is 0 Å². The molecule has 7 atom stereocenters. The first kappa shape index (κ1) is 25.0. The molecule has 1 saturated heterocycles. The van der Waals surface area contributed by atoms with Crippen molar-refractivity contribution < 1.29 is 14.3 Å². The van der Waals surface area contributed by atoms with Crippen LogP contribution in [0.5, 0.6) is 0 Å². The number of Topliss-reactive ketones (excluding diaryl/α,β-unsaturated/α-hetero) is 1. The van der Waals surface area contributed by atoms with Crippen molar-refractivity contribution in [3.63, 3.8) is 0 Å². The van der Waals surface area contributed by atoms with Crippen molar-refractivity contribution in [1.82, 2.24) is 0 Å². The molecule has 4 aliphatic rings. The lowest BCUT2D eigenvalue weighted by atomic mass is 9.44. The van der Waals surface area contributed by atoms with Gasteiger partial charge in [0.25, 0.3) is 0 Å². The number of esters is 1. The van der Waals surface area contributed by atoms with Crippen LogP contribution in [0.15, 0.2) is 11.6 Å². The van der Waals surface area contributed by atoms with Crippen LogP contribution < -0.4 is 0 Å². The Balaban J connectivity index is 1.64. The topological polar surface area (TPSA) is 43.4 Å². The van der Waals surface area contributed by atoms with Gasteiger partial charge >= 0.3 is 5.97 Å². The fraction of sp³-hybridized carbons (Fsp3) is 0.867. The molecule has 0 aromatic heterocycles. The Labute approximate surface area is 202 Å². The van der Waals surface area contributed by atoms with E-state index in [0.29, 0.717) is 48.2 Å². The van der Waals surface area contributed by atoms with Crippen LogP contribution in [-0.4, -0.2) is 17.4 Å². The summed E-state index contributed by atoms with van der Waals surface area (Å²) in [5.41, 5.74) is 1.79. The summed E-state index contributed by atoms with van der Waals surface area (Å²) >= 11 is 0. The van der Waals surface area contributed by atoms with Crippen LogP contribution >= 0.6 is 0 Å². The van der Waals surface area contributed by atoms with E-state index >= 15 is 0 Å². The number of cyclic esters (lactones) is 1. The Morgan fingerprint density at radius 2 is 1.70 bits per heavy atom. The van der Waals surface area contributed by atoms with E-state index in [1.54, 1.807) is 5.57 Å². The Bertz CT molecular complexity index is 837. The highest BCUT2D eigenvalue weighted by atomic mass is 16.6. The Morgan fingerprint density at radius 3 is 2.36 bits per heavy atom. The van der Waals surface area contributed by atoms with Gasteiger partial charge in [-0.3, -0.25) is 9.59 Å². The lowest BCUT2D eigenvalue weighted by Crippen LogP contribution is -2.55. The minimum Gasteiger partial charge on any atom is -0.459 e. The monoisotopic (exact) mass is 456 g/mol. The molecule has 0 spiro atoms. The Morgan fingerprint density at radius 1 is 1.00 bits per heavy atom. The van der Waals surface area contributed by atoms with Crippen LogP contribution in [0, 0.1) is 45.8 Å². The Kier molecular flexibility index (Phi) is 6.23. The molecule has 3 aliphatic carbocycles. The van der Waals surface area contributed by atoms with Crippen molar-refractivity contribution >= 4 is 11.8 Å². The molecule has 0 unspecified atom stereocenters. The molecule has 3 fully saturated rings. The van der Waals surface area contributed by atoms with E-state index in [1.807, 2.05) is 0 Å². The summed E-state index contributed by atoms with van der Waals surface area (Å²) in [6.07, 6.45) is 11.5. The van der Waals surface area contributed by atoms with E-state index < -0.39 is 5.60 Å². The van der Waals surface area contributed by atoms with Crippen molar-refractivity contribution in [3.05, 3.63) is 11.6 Å². The van der Waals surface area contributed by atoms with Gasteiger partial charge in [-0.1, -0.05) is 53.2 Å². The quantitative estimate of drug-likeness (QED) is 0.317. The molecule has 186 valence electrons. The van der Waals surface area contributed by atoms with Gasteiger partial charge in [-0.2, -0.15) is 0 Å². The standard InChI is InChI=1S/C30H48O3/c1-19(2)17-21(31)18-20(3)22-11-15-30(8)24-9-10-25-27(4,5)33-26(32)13-14-28(25,6)23(24)12-16-29(22,30)7/h12,19-20,22,24-25H,9-11,13-18H2,1-8H3/t20-,22-,24-,25+,28-,29-,30+/m1/s1. The highest BCUT2D eigenvalue weighted by molar-refractivity contribution is 5.78. The second kappa shape index (κ2) is 8.23. The van der Waals surface area contributed by atoms with Gasteiger partial charge in [0.1, 0.15) is 11.4 Å². The van der Waals surface area contributed by atoms with E-state index in [0.717, 1.165) is 25.7 Å². The summed E-state index contributed by atoms with van der Waals surface area (Å²) in [4.78, 5) is 25.1. The largest absolute Gasteiger partial charge is 0.459 e. The van der Waals surface area contributed by atoms with Crippen LogP contribution in [0.25, 0.3) is 0 Å². The minimum atomic E-state index is -0.403. The minimum absolute atomic E-state index is 0.0274. The zero-order valence-corrected chi connectivity index (χ0v) is 22.6. The maximum absolute atomic E-state index is 12.7. The molecule has 0 amide bonds. The third-order valence-electron chi connectivity index (χ3n) is 11.1. The SMILES string of the molecule is CC(C)CC(=O)C[C@@H](C)[C@H]1CC[C@@]2(C)[C@@H]3CC[C@H]4C(C)(C)OC(=O)CC[C@]4(C)C3=CC[C@]12C. The molecule has 0 bridgehead atoms. The van der Waals surface area contributed by atoms with E-state index in [4.69, 9.17) is 4.74 Å². The lowest BCUT2D eigenvalue weighted by Gasteiger charge is -2.61. The number of carbonyl (C=O) groups excluding carboxylic acids is 2. The number of carbonyl (C=O) groups is 2. The normalized spacial score (nSPS) is 43.0.